The molecule has 4 nitrogen and oxygen atoms in total. The summed E-state index contributed by atoms with van der Waals surface area (Å²) >= 11 is 6.21. The number of fused-ring (bicyclic) bond motifs is 1. The maximum atomic E-state index is 14.3. The van der Waals surface area contributed by atoms with Crippen LogP contribution in [0.2, 0.25) is 5.02 Å². The topological polar surface area (TPSA) is 49.7 Å². The monoisotopic (exact) mass is 488 g/mol. The minimum absolute atomic E-state index is 0.251. The van der Waals surface area contributed by atoms with E-state index in [1.807, 2.05) is 84.9 Å². The van der Waals surface area contributed by atoms with E-state index in [0.717, 1.165) is 11.1 Å². The van der Waals surface area contributed by atoms with E-state index in [0.29, 0.717) is 27.5 Å². The van der Waals surface area contributed by atoms with Gasteiger partial charge in [-0.1, -0.05) is 103 Å². The van der Waals surface area contributed by atoms with E-state index < -0.39 is 11.5 Å². The van der Waals surface area contributed by atoms with E-state index in [9.17, 15) is 9.59 Å². The fraction of sp³-hybridized carbons (Fsp3) is 0.0645. The van der Waals surface area contributed by atoms with E-state index in [-0.39, 0.29) is 11.6 Å². The molecule has 0 aromatic heterocycles. The Kier molecular flexibility index (Phi) is 5.39. The van der Waals surface area contributed by atoms with Crippen molar-refractivity contribution in [2.75, 3.05) is 5.01 Å². The molecule has 4 aromatic carbocycles. The smallest absolute Gasteiger partial charge is 0.201 e. The number of hydrazone groups is 1. The number of Topliss-reactive ketones (excluding diaryl/α,β-unsaturated/α-hetero) is 2. The van der Waals surface area contributed by atoms with Gasteiger partial charge in [-0.3, -0.25) is 9.59 Å². The van der Waals surface area contributed by atoms with Crippen molar-refractivity contribution in [3.8, 4) is 0 Å². The third-order valence-electron chi connectivity index (χ3n) is 6.82. The second-order valence-electron chi connectivity index (χ2n) is 8.87. The van der Waals surface area contributed by atoms with Gasteiger partial charge >= 0.3 is 0 Å². The highest BCUT2D eigenvalue weighted by molar-refractivity contribution is 6.38. The number of ketones is 2. The molecule has 5 heteroatoms. The Bertz CT molecular complexity index is 1490. The van der Waals surface area contributed by atoms with Crippen molar-refractivity contribution < 1.29 is 9.59 Å². The molecule has 0 bridgehead atoms. The second kappa shape index (κ2) is 8.74. The number of anilines is 1. The van der Waals surface area contributed by atoms with Gasteiger partial charge in [0.1, 0.15) is 0 Å². The number of carbonyl (C=O) groups is 2. The van der Waals surface area contributed by atoms with Gasteiger partial charge in [-0.25, -0.2) is 5.01 Å². The van der Waals surface area contributed by atoms with E-state index in [4.69, 9.17) is 16.7 Å². The number of benzene rings is 4. The number of carbonyl (C=O) groups excluding carboxylic acids is 2. The lowest BCUT2D eigenvalue weighted by molar-refractivity contribution is 0.0791. The molecule has 1 unspecified atom stereocenters. The lowest BCUT2D eigenvalue weighted by atomic mass is 9.73. The number of rotatable bonds is 4. The van der Waals surface area contributed by atoms with Crippen molar-refractivity contribution in [3.05, 3.63) is 143 Å². The van der Waals surface area contributed by atoms with Crippen molar-refractivity contribution >= 4 is 40.6 Å². The first-order valence-corrected chi connectivity index (χ1v) is 12.1. The molecule has 0 fully saturated rings. The number of allylic oxidation sites excluding steroid dienone is 1. The van der Waals surface area contributed by atoms with Crippen molar-refractivity contribution in [1.29, 1.82) is 0 Å². The summed E-state index contributed by atoms with van der Waals surface area (Å²) < 4.78 is 0. The average Bonchev–Trinajstić information content (AvgIpc) is 3.38. The fourth-order valence-electron chi connectivity index (χ4n) is 5.21. The van der Waals surface area contributed by atoms with Gasteiger partial charge in [0.05, 0.1) is 17.3 Å². The highest BCUT2D eigenvalue weighted by Gasteiger charge is 2.66. The van der Waals surface area contributed by atoms with Crippen LogP contribution in [-0.2, 0) is 0 Å². The molecule has 4 aromatic rings. The zero-order valence-corrected chi connectivity index (χ0v) is 20.0. The standard InChI is InChI=1S/C31H21ClN2O2/c32-23-18-16-22(17-19-23)28-27(20-15-21-9-3-1-4-10-21)33-34(24-11-5-2-6-12-24)31(28)29(35)25-13-7-8-14-26(25)30(31)36/h1-20,28H/b20-15+. The maximum absolute atomic E-state index is 14.3. The van der Waals surface area contributed by atoms with Crippen molar-refractivity contribution in [1.82, 2.24) is 0 Å². The van der Waals surface area contributed by atoms with E-state index in [1.165, 1.54) is 0 Å². The first-order chi connectivity index (χ1) is 17.6. The highest BCUT2D eigenvalue weighted by Crippen LogP contribution is 2.50. The molecule has 1 spiro atoms. The molecule has 1 heterocycles. The minimum Gasteiger partial charge on any atom is -0.291 e. The molecule has 0 N–H and O–H groups in total. The number of hydrogen-bond acceptors (Lipinski definition) is 4. The Hall–Kier alpha value is -4.28. The number of nitrogens with zero attached hydrogens (tertiary/aromatic N) is 2. The van der Waals surface area contributed by atoms with Gasteiger partial charge in [-0.15, -0.1) is 0 Å². The van der Waals surface area contributed by atoms with Gasteiger partial charge in [-0.05, 0) is 41.5 Å². The van der Waals surface area contributed by atoms with Crippen molar-refractivity contribution in [2.45, 2.75) is 11.5 Å². The second-order valence-corrected chi connectivity index (χ2v) is 9.31. The van der Waals surface area contributed by atoms with Crippen LogP contribution in [0.25, 0.3) is 6.08 Å². The molecule has 0 amide bonds. The van der Waals surface area contributed by atoms with Gasteiger partial charge in [-0.2, -0.15) is 5.10 Å². The first kappa shape index (κ1) is 22.2. The summed E-state index contributed by atoms with van der Waals surface area (Å²) in [5.41, 5.74) is 2.36. The maximum Gasteiger partial charge on any atom is 0.201 e. The third-order valence-corrected chi connectivity index (χ3v) is 7.07. The first-order valence-electron chi connectivity index (χ1n) is 11.7. The highest BCUT2D eigenvalue weighted by atomic mass is 35.5. The van der Waals surface area contributed by atoms with Gasteiger partial charge in [0.15, 0.2) is 11.6 Å². The van der Waals surface area contributed by atoms with Crippen LogP contribution in [-0.4, -0.2) is 22.8 Å². The Morgan fingerprint density at radius 3 is 1.86 bits per heavy atom. The van der Waals surface area contributed by atoms with Crippen LogP contribution in [0.5, 0.6) is 0 Å². The molecule has 0 saturated carbocycles. The number of para-hydroxylation sites is 1. The molecule has 1 aliphatic heterocycles. The molecule has 0 saturated heterocycles. The van der Waals surface area contributed by atoms with Crippen LogP contribution in [0.4, 0.5) is 5.69 Å². The van der Waals surface area contributed by atoms with Crippen molar-refractivity contribution in [3.63, 3.8) is 0 Å². The Balaban J connectivity index is 1.60. The predicted octanol–water partition coefficient (Wildman–Crippen LogP) is 6.83. The molecule has 2 aliphatic rings. The summed E-state index contributed by atoms with van der Waals surface area (Å²) in [5.74, 6) is -1.14. The third kappa shape index (κ3) is 3.34. The molecule has 6 rings (SSSR count). The molecule has 174 valence electrons. The largest absolute Gasteiger partial charge is 0.291 e. The Morgan fingerprint density at radius 2 is 1.25 bits per heavy atom. The fourth-order valence-corrected chi connectivity index (χ4v) is 5.33. The van der Waals surface area contributed by atoms with E-state index >= 15 is 0 Å². The Labute approximate surface area is 214 Å². The van der Waals surface area contributed by atoms with E-state index in [2.05, 4.69) is 0 Å². The van der Waals surface area contributed by atoms with E-state index in [1.54, 1.807) is 41.4 Å². The normalized spacial score (nSPS) is 18.2. The van der Waals surface area contributed by atoms with Gasteiger partial charge in [0.25, 0.3) is 0 Å². The number of hydrogen-bond donors (Lipinski definition) is 0. The van der Waals surface area contributed by atoms with Crippen LogP contribution in [0, 0.1) is 0 Å². The van der Waals surface area contributed by atoms with Gasteiger partial charge in [0, 0.05) is 16.1 Å². The molecular formula is C31H21ClN2O2. The average molecular weight is 489 g/mol. The SMILES string of the molecule is O=C1c2ccccc2C(=O)C12C(c1ccc(Cl)cc1)C(/C=C/c1ccccc1)=NN2c1ccccc1. The summed E-state index contributed by atoms with van der Waals surface area (Å²) in [6.45, 7) is 0. The summed E-state index contributed by atoms with van der Waals surface area (Å²) in [5, 5.41) is 7.17. The zero-order chi connectivity index (χ0) is 24.7. The molecule has 36 heavy (non-hydrogen) atoms. The van der Waals surface area contributed by atoms with Gasteiger partial charge in [0.2, 0.25) is 5.54 Å². The van der Waals surface area contributed by atoms with Crippen LogP contribution in [0.3, 0.4) is 0 Å². The summed E-state index contributed by atoms with van der Waals surface area (Å²) in [4.78, 5) is 28.6. The van der Waals surface area contributed by atoms with Crippen molar-refractivity contribution in [2.24, 2.45) is 5.10 Å². The zero-order valence-electron chi connectivity index (χ0n) is 19.2. The van der Waals surface area contributed by atoms with Crippen LogP contribution >= 0.6 is 11.6 Å². The lowest BCUT2D eigenvalue weighted by Crippen LogP contribution is -2.56. The summed E-state index contributed by atoms with van der Waals surface area (Å²) in [6.07, 6.45) is 3.86. The van der Waals surface area contributed by atoms with Crippen LogP contribution < -0.4 is 5.01 Å². The molecule has 0 radical (unpaired) electrons. The molecule has 1 atom stereocenters. The quantitative estimate of drug-likeness (QED) is 0.296. The predicted molar refractivity (Wildman–Crippen MR) is 144 cm³/mol. The molecular weight excluding hydrogens is 468 g/mol. The van der Waals surface area contributed by atoms with Crippen LogP contribution in [0.1, 0.15) is 37.8 Å². The van der Waals surface area contributed by atoms with Gasteiger partial charge < -0.3 is 0 Å². The molecule has 1 aliphatic carbocycles. The summed E-state index contributed by atoms with van der Waals surface area (Å²) in [6, 6.07) is 33.6. The number of halogens is 1. The van der Waals surface area contributed by atoms with Crippen LogP contribution in [0.15, 0.2) is 120 Å². The lowest BCUT2D eigenvalue weighted by Gasteiger charge is -2.36. The minimum atomic E-state index is -1.57. The summed E-state index contributed by atoms with van der Waals surface area (Å²) in [7, 11) is 0. The Morgan fingerprint density at radius 1 is 0.694 bits per heavy atom.